The predicted molar refractivity (Wildman–Crippen MR) is 49.8 cm³/mol. The van der Waals surface area contributed by atoms with Crippen molar-refractivity contribution in [1.82, 2.24) is 10.2 Å². The van der Waals surface area contributed by atoms with Gasteiger partial charge in [-0.2, -0.15) is 0 Å². The molecule has 2 saturated heterocycles. The van der Waals surface area contributed by atoms with Gasteiger partial charge in [0.25, 0.3) is 0 Å². The number of piperazine rings is 1. The molecule has 0 aromatic rings. The van der Waals surface area contributed by atoms with Crippen LogP contribution in [0, 0.1) is 0 Å². The number of ether oxygens (including phenoxy) is 2. The first-order chi connectivity index (χ1) is 6.40. The van der Waals surface area contributed by atoms with Gasteiger partial charge >= 0.3 is 0 Å². The highest BCUT2D eigenvalue weighted by atomic mass is 16.5. The lowest BCUT2D eigenvalue weighted by molar-refractivity contribution is -0.0747. The zero-order valence-electron chi connectivity index (χ0n) is 8.16. The van der Waals surface area contributed by atoms with E-state index in [2.05, 4.69) is 10.2 Å². The van der Waals surface area contributed by atoms with Gasteiger partial charge in [0.15, 0.2) is 0 Å². The monoisotopic (exact) mass is 186 g/mol. The summed E-state index contributed by atoms with van der Waals surface area (Å²) in [6.45, 7) is 5.96. The summed E-state index contributed by atoms with van der Waals surface area (Å²) in [5, 5.41) is 3.45. The minimum Gasteiger partial charge on any atom is -0.383 e. The highest BCUT2D eigenvalue weighted by molar-refractivity contribution is 4.85. The quantitative estimate of drug-likeness (QED) is 0.632. The molecular formula is C9H18N2O2. The molecule has 0 bridgehead atoms. The van der Waals surface area contributed by atoms with E-state index in [1.807, 2.05) is 0 Å². The molecule has 76 valence electrons. The smallest absolute Gasteiger partial charge is 0.0645 e. The summed E-state index contributed by atoms with van der Waals surface area (Å²) < 4.78 is 10.3. The second-order valence-electron chi connectivity index (χ2n) is 3.79. The van der Waals surface area contributed by atoms with Crippen LogP contribution in [0.2, 0.25) is 0 Å². The van der Waals surface area contributed by atoms with Gasteiger partial charge in [-0.15, -0.1) is 0 Å². The molecule has 1 atom stereocenters. The van der Waals surface area contributed by atoms with Gasteiger partial charge in [-0.05, 0) is 0 Å². The fourth-order valence-corrected chi connectivity index (χ4v) is 1.93. The highest BCUT2D eigenvalue weighted by Gasteiger charge is 2.29. The van der Waals surface area contributed by atoms with Crippen LogP contribution in [-0.2, 0) is 9.47 Å². The molecule has 0 aromatic carbocycles. The van der Waals surface area contributed by atoms with Crippen molar-refractivity contribution in [2.45, 2.75) is 12.1 Å². The first-order valence-corrected chi connectivity index (χ1v) is 4.94. The van der Waals surface area contributed by atoms with E-state index in [-0.39, 0.29) is 0 Å². The van der Waals surface area contributed by atoms with Gasteiger partial charge in [0, 0.05) is 32.8 Å². The van der Waals surface area contributed by atoms with Gasteiger partial charge in [-0.1, -0.05) is 0 Å². The van der Waals surface area contributed by atoms with Crippen LogP contribution in [0.1, 0.15) is 0 Å². The molecular weight excluding hydrogens is 168 g/mol. The van der Waals surface area contributed by atoms with Crippen LogP contribution in [0.4, 0.5) is 0 Å². The number of rotatable bonds is 3. The largest absolute Gasteiger partial charge is 0.383 e. The Bertz CT molecular complexity index is 160. The predicted octanol–water partition coefficient (Wildman–Crippen LogP) is -0.695. The number of methoxy groups -OCH3 is 1. The van der Waals surface area contributed by atoms with Crippen LogP contribution in [0.3, 0.4) is 0 Å². The van der Waals surface area contributed by atoms with E-state index in [4.69, 9.17) is 9.47 Å². The summed E-state index contributed by atoms with van der Waals surface area (Å²) in [7, 11) is 1.76. The Hall–Kier alpha value is -0.160. The maximum Gasteiger partial charge on any atom is 0.0645 e. The van der Waals surface area contributed by atoms with Gasteiger partial charge < -0.3 is 14.8 Å². The topological polar surface area (TPSA) is 33.7 Å². The number of nitrogens with one attached hydrogen (secondary N) is 1. The van der Waals surface area contributed by atoms with Crippen LogP contribution in [0.15, 0.2) is 0 Å². The number of hydrogen-bond donors (Lipinski definition) is 1. The second kappa shape index (κ2) is 4.37. The Morgan fingerprint density at radius 3 is 3.00 bits per heavy atom. The van der Waals surface area contributed by atoms with Crippen LogP contribution >= 0.6 is 0 Å². The summed E-state index contributed by atoms with van der Waals surface area (Å²) in [6, 6.07) is 1.17. The van der Waals surface area contributed by atoms with Gasteiger partial charge in [0.1, 0.15) is 0 Å². The molecule has 2 fully saturated rings. The lowest BCUT2D eigenvalue weighted by atomic mass is 10.1. The van der Waals surface area contributed by atoms with E-state index in [0.29, 0.717) is 12.1 Å². The summed E-state index contributed by atoms with van der Waals surface area (Å²) in [5.41, 5.74) is 0. The zero-order chi connectivity index (χ0) is 9.10. The lowest BCUT2D eigenvalue weighted by Crippen LogP contribution is -2.60. The molecule has 0 radical (unpaired) electrons. The third-order valence-electron chi connectivity index (χ3n) is 2.79. The Morgan fingerprint density at radius 2 is 2.38 bits per heavy atom. The van der Waals surface area contributed by atoms with Crippen molar-refractivity contribution in [1.29, 1.82) is 0 Å². The molecule has 0 aliphatic carbocycles. The third kappa shape index (κ3) is 2.20. The molecule has 0 spiro atoms. The van der Waals surface area contributed by atoms with Crippen LogP contribution in [0.25, 0.3) is 0 Å². The van der Waals surface area contributed by atoms with Crippen molar-refractivity contribution >= 4 is 0 Å². The number of nitrogens with zero attached hydrogens (tertiary/aromatic N) is 1. The fourth-order valence-electron chi connectivity index (χ4n) is 1.93. The molecule has 0 unspecified atom stereocenters. The number of hydrogen-bond acceptors (Lipinski definition) is 4. The van der Waals surface area contributed by atoms with E-state index in [0.717, 1.165) is 39.5 Å². The lowest BCUT2D eigenvalue weighted by Gasteiger charge is -2.42. The SMILES string of the molecule is COC[C@H]1CN(C2COC2)CCN1. The molecule has 4 nitrogen and oxygen atoms in total. The van der Waals surface area contributed by atoms with Crippen molar-refractivity contribution in [2.75, 3.05) is 46.6 Å². The summed E-state index contributed by atoms with van der Waals surface area (Å²) in [4.78, 5) is 2.50. The molecule has 1 N–H and O–H groups in total. The molecule has 2 rings (SSSR count). The second-order valence-corrected chi connectivity index (χ2v) is 3.79. The fraction of sp³-hybridized carbons (Fsp3) is 1.00. The maximum absolute atomic E-state index is 5.19. The molecule has 0 saturated carbocycles. The van der Waals surface area contributed by atoms with Crippen molar-refractivity contribution < 1.29 is 9.47 Å². The Morgan fingerprint density at radius 1 is 1.54 bits per heavy atom. The molecule has 13 heavy (non-hydrogen) atoms. The molecule has 4 heteroatoms. The van der Waals surface area contributed by atoms with Crippen LogP contribution < -0.4 is 5.32 Å². The van der Waals surface area contributed by atoms with E-state index in [1.165, 1.54) is 0 Å². The summed E-state index contributed by atoms with van der Waals surface area (Å²) >= 11 is 0. The van der Waals surface area contributed by atoms with E-state index in [9.17, 15) is 0 Å². The van der Waals surface area contributed by atoms with Crippen molar-refractivity contribution in [3.05, 3.63) is 0 Å². The Balaban J connectivity index is 1.77. The molecule has 0 aromatic heterocycles. The standard InChI is InChI=1S/C9H18N2O2/c1-12-5-8-4-11(3-2-10-8)9-6-13-7-9/h8-10H,2-7H2,1H3/t8-/m1/s1. The Labute approximate surface area is 79.2 Å². The summed E-state index contributed by atoms with van der Waals surface area (Å²) in [5.74, 6) is 0. The van der Waals surface area contributed by atoms with E-state index < -0.39 is 0 Å². The normalized spacial score (nSPS) is 31.6. The van der Waals surface area contributed by atoms with Crippen molar-refractivity contribution in [3.63, 3.8) is 0 Å². The molecule has 0 amide bonds. The van der Waals surface area contributed by atoms with Gasteiger partial charge in [-0.25, -0.2) is 0 Å². The van der Waals surface area contributed by atoms with E-state index in [1.54, 1.807) is 7.11 Å². The average molecular weight is 186 g/mol. The van der Waals surface area contributed by atoms with Crippen LogP contribution in [0.5, 0.6) is 0 Å². The first-order valence-electron chi connectivity index (χ1n) is 4.94. The third-order valence-corrected chi connectivity index (χ3v) is 2.79. The van der Waals surface area contributed by atoms with Gasteiger partial charge in [-0.3, -0.25) is 4.90 Å². The van der Waals surface area contributed by atoms with E-state index >= 15 is 0 Å². The zero-order valence-corrected chi connectivity index (χ0v) is 8.16. The Kier molecular flexibility index (Phi) is 3.16. The minimum absolute atomic E-state index is 0.499. The van der Waals surface area contributed by atoms with Crippen LogP contribution in [-0.4, -0.2) is 63.5 Å². The van der Waals surface area contributed by atoms with Crippen molar-refractivity contribution in [2.24, 2.45) is 0 Å². The molecule has 2 aliphatic heterocycles. The molecule has 2 aliphatic rings. The first kappa shape index (κ1) is 9.40. The van der Waals surface area contributed by atoms with Crippen molar-refractivity contribution in [3.8, 4) is 0 Å². The average Bonchev–Trinajstić information content (AvgIpc) is 2.02. The maximum atomic E-state index is 5.19. The highest BCUT2D eigenvalue weighted by Crippen LogP contribution is 2.12. The summed E-state index contributed by atoms with van der Waals surface area (Å²) in [6.07, 6.45) is 0. The van der Waals surface area contributed by atoms with Gasteiger partial charge in [0.05, 0.1) is 25.9 Å². The van der Waals surface area contributed by atoms with Gasteiger partial charge in [0.2, 0.25) is 0 Å². The molecule has 2 heterocycles. The minimum atomic E-state index is 0.499.